The van der Waals surface area contributed by atoms with E-state index in [0.29, 0.717) is 12.7 Å². The highest BCUT2D eigenvalue weighted by Gasteiger charge is 2.26. The van der Waals surface area contributed by atoms with Crippen LogP contribution in [-0.2, 0) is 9.47 Å². The monoisotopic (exact) mass is 142 g/mol. The second kappa shape index (κ2) is 2.89. The van der Waals surface area contributed by atoms with Crippen LogP contribution in [0.3, 0.4) is 0 Å². The normalized spacial score (nSPS) is 28.8. The zero-order chi connectivity index (χ0) is 6.81. The van der Waals surface area contributed by atoms with Gasteiger partial charge in [0.15, 0.2) is 0 Å². The number of hydrogen-bond donors (Lipinski definition) is 0. The van der Waals surface area contributed by atoms with Crippen LogP contribution < -0.4 is 0 Å². The predicted molar refractivity (Wildman–Crippen MR) is 37.6 cm³/mol. The molecule has 0 amide bonds. The first-order chi connectivity index (χ1) is 4.95. The van der Waals surface area contributed by atoms with Crippen molar-refractivity contribution in [3.63, 3.8) is 0 Å². The SMILES string of the molecule is C1OCC(CC2CC2)CO1. The Kier molecular flexibility index (Phi) is 1.91. The van der Waals surface area contributed by atoms with Crippen LogP contribution in [0, 0.1) is 11.8 Å². The molecule has 2 fully saturated rings. The van der Waals surface area contributed by atoms with Crippen LogP contribution in [0.4, 0.5) is 0 Å². The molecule has 58 valence electrons. The van der Waals surface area contributed by atoms with E-state index in [4.69, 9.17) is 9.47 Å². The van der Waals surface area contributed by atoms with Crippen LogP contribution >= 0.6 is 0 Å². The fourth-order valence-corrected chi connectivity index (χ4v) is 1.50. The molecule has 0 bridgehead atoms. The molecule has 0 atom stereocenters. The van der Waals surface area contributed by atoms with E-state index in [1.165, 1.54) is 19.3 Å². The van der Waals surface area contributed by atoms with Gasteiger partial charge in [0, 0.05) is 5.92 Å². The lowest BCUT2D eigenvalue weighted by atomic mass is 10.0. The van der Waals surface area contributed by atoms with E-state index < -0.39 is 0 Å². The van der Waals surface area contributed by atoms with Crippen LogP contribution in [0.5, 0.6) is 0 Å². The summed E-state index contributed by atoms with van der Waals surface area (Å²) in [4.78, 5) is 0. The molecular weight excluding hydrogens is 128 g/mol. The number of rotatable bonds is 2. The van der Waals surface area contributed by atoms with Gasteiger partial charge in [-0.25, -0.2) is 0 Å². The highest BCUT2D eigenvalue weighted by atomic mass is 16.7. The first kappa shape index (κ1) is 6.62. The third kappa shape index (κ3) is 1.70. The summed E-state index contributed by atoms with van der Waals surface area (Å²) < 4.78 is 10.4. The van der Waals surface area contributed by atoms with Crippen molar-refractivity contribution >= 4 is 0 Å². The highest BCUT2D eigenvalue weighted by molar-refractivity contribution is 4.77. The van der Waals surface area contributed by atoms with Crippen LogP contribution in [0.2, 0.25) is 0 Å². The molecule has 1 aliphatic carbocycles. The molecule has 0 aromatic rings. The molecule has 2 aliphatic rings. The van der Waals surface area contributed by atoms with Crippen molar-refractivity contribution < 1.29 is 9.47 Å². The van der Waals surface area contributed by atoms with E-state index in [9.17, 15) is 0 Å². The molecular formula is C8H14O2. The topological polar surface area (TPSA) is 18.5 Å². The lowest BCUT2D eigenvalue weighted by Gasteiger charge is -2.21. The Balaban J connectivity index is 1.69. The Morgan fingerprint density at radius 1 is 1.00 bits per heavy atom. The molecule has 0 aromatic carbocycles. The van der Waals surface area contributed by atoms with Gasteiger partial charge in [-0.2, -0.15) is 0 Å². The Morgan fingerprint density at radius 2 is 1.70 bits per heavy atom. The average molecular weight is 142 g/mol. The van der Waals surface area contributed by atoms with E-state index in [1.807, 2.05) is 0 Å². The summed E-state index contributed by atoms with van der Waals surface area (Å²) in [5, 5.41) is 0. The molecule has 0 radical (unpaired) electrons. The summed E-state index contributed by atoms with van der Waals surface area (Å²) in [6.45, 7) is 2.37. The summed E-state index contributed by atoms with van der Waals surface area (Å²) in [5.74, 6) is 1.71. The van der Waals surface area contributed by atoms with Gasteiger partial charge < -0.3 is 9.47 Å². The summed E-state index contributed by atoms with van der Waals surface area (Å²) in [6.07, 6.45) is 4.22. The van der Waals surface area contributed by atoms with Crippen LogP contribution in [0.25, 0.3) is 0 Å². The van der Waals surface area contributed by atoms with Crippen molar-refractivity contribution in [2.75, 3.05) is 20.0 Å². The van der Waals surface area contributed by atoms with Crippen molar-refractivity contribution in [3.8, 4) is 0 Å². The summed E-state index contributed by atoms with van der Waals surface area (Å²) in [7, 11) is 0. The maximum Gasteiger partial charge on any atom is 0.146 e. The summed E-state index contributed by atoms with van der Waals surface area (Å²) in [6, 6.07) is 0. The Morgan fingerprint density at radius 3 is 2.30 bits per heavy atom. The van der Waals surface area contributed by atoms with E-state index in [2.05, 4.69) is 0 Å². The standard InChI is InChI=1S/C8H14O2/c1-2-7(1)3-8-4-9-6-10-5-8/h7-8H,1-6H2. The summed E-state index contributed by atoms with van der Waals surface area (Å²) >= 11 is 0. The minimum absolute atomic E-state index is 0.515. The molecule has 1 saturated heterocycles. The molecule has 10 heavy (non-hydrogen) atoms. The van der Waals surface area contributed by atoms with Crippen molar-refractivity contribution in [2.24, 2.45) is 11.8 Å². The third-order valence-electron chi connectivity index (χ3n) is 2.24. The maximum absolute atomic E-state index is 5.19. The molecule has 1 aliphatic heterocycles. The second-order valence-corrected chi connectivity index (χ2v) is 3.40. The second-order valence-electron chi connectivity index (χ2n) is 3.40. The molecule has 1 heterocycles. The minimum Gasteiger partial charge on any atom is -0.355 e. The quantitative estimate of drug-likeness (QED) is 0.580. The minimum atomic E-state index is 0.515. The van der Waals surface area contributed by atoms with Crippen LogP contribution in [-0.4, -0.2) is 20.0 Å². The zero-order valence-corrected chi connectivity index (χ0v) is 6.21. The largest absolute Gasteiger partial charge is 0.355 e. The van der Waals surface area contributed by atoms with Crippen LogP contribution in [0.15, 0.2) is 0 Å². The van der Waals surface area contributed by atoms with Crippen molar-refractivity contribution in [2.45, 2.75) is 19.3 Å². The number of hydrogen-bond acceptors (Lipinski definition) is 2. The molecule has 2 nitrogen and oxygen atoms in total. The Labute approximate surface area is 61.5 Å². The molecule has 1 saturated carbocycles. The predicted octanol–water partition coefficient (Wildman–Crippen LogP) is 1.41. The molecule has 2 heteroatoms. The zero-order valence-electron chi connectivity index (χ0n) is 6.21. The molecule has 0 spiro atoms. The van der Waals surface area contributed by atoms with Gasteiger partial charge in [0.05, 0.1) is 13.2 Å². The van der Waals surface area contributed by atoms with Gasteiger partial charge in [-0.15, -0.1) is 0 Å². The fourth-order valence-electron chi connectivity index (χ4n) is 1.50. The lowest BCUT2D eigenvalue weighted by Crippen LogP contribution is -2.24. The molecule has 2 rings (SSSR count). The van der Waals surface area contributed by atoms with E-state index in [1.54, 1.807) is 0 Å². The number of ether oxygens (including phenoxy) is 2. The first-order valence-corrected chi connectivity index (χ1v) is 4.10. The molecule has 0 aromatic heterocycles. The van der Waals surface area contributed by atoms with Gasteiger partial charge in [0.2, 0.25) is 0 Å². The van der Waals surface area contributed by atoms with Gasteiger partial charge in [-0.05, 0) is 12.3 Å². The fraction of sp³-hybridized carbons (Fsp3) is 1.00. The Hall–Kier alpha value is -0.0800. The van der Waals surface area contributed by atoms with Gasteiger partial charge in [0.1, 0.15) is 6.79 Å². The summed E-state index contributed by atoms with van der Waals surface area (Å²) in [5.41, 5.74) is 0. The lowest BCUT2D eigenvalue weighted by molar-refractivity contribution is -0.127. The average Bonchev–Trinajstić information content (AvgIpc) is 2.74. The van der Waals surface area contributed by atoms with Gasteiger partial charge in [-0.3, -0.25) is 0 Å². The molecule has 0 N–H and O–H groups in total. The Bertz CT molecular complexity index is 104. The van der Waals surface area contributed by atoms with Crippen LogP contribution in [0.1, 0.15) is 19.3 Å². The van der Waals surface area contributed by atoms with Gasteiger partial charge in [-0.1, -0.05) is 12.8 Å². The molecule has 0 unspecified atom stereocenters. The maximum atomic E-state index is 5.19. The third-order valence-corrected chi connectivity index (χ3v) is 2.24. The van der Waals surface area contributed by atoms with E-state index in [-0.39, 0.29) is 0 Å². The van der Waals surface area contributed by atoms with E-state index >= 15 is 0 Å². The van der Waals surface area contributed by atoms with Crippen molar-refractivity contribution in [1.29, 1.82) is 0 Å². The highest BCUT2D eigenvalue weighted by Crippen LogP contribution is 2.35. The van der Waals surface area contributed by atoms with Gasteiger partial charge in [0.25, 0.3) is 0 Å². The van der Waals surface area contributed by atoms with Crippen molar-refractivity contribution in [3.05, 3.63) is 0 Å². The smallest absolute Gasteiger partial charge is 0.146 e. The van der Waals surface area contributed by atoms with Crippen molar-refractivity contribution in [1.82, 2.24) is 0 Å². The van der Waals surface area contributed by atoms with Gasteiger partial charge >= 0.3 is 0 Å². The van der Waals surface area contributed by atoms with E-state index in [0.717, 1.165) is 19.1 Å². The first-order valence-electron chi connectivity index (χ1n) is 4.10.